The van der Waals surface area contributed by atoms with Crippen molar-refractivity contribution in [2.45, 2.75) is 32.2 Å². The fourth-order valence-corrected chi connectivity index (χ4v) is 3.13. The van der Waals surface area contributed by atoms with Gasteiger partial charge in [0.05, 0.1) is 33.3 Å². The Bertz CT molecular complexity index is 507. The van der Waals surface area contributed by atoms with Crippen LogP contribution in [0.3, 0.4) is 0 Å². The van der Waals surface area contributed by atoms with Crippen LogP contribution in [0.1, 0.15) is 26.2 Å². The van der Waals surface area contributed by atoms with E-state index in [4.69, 9.17) is 34.8 Å². The van der Waals surface area contributed by atoms with Gasteiger partial charge in [0.1, 0.15) is 0 Å². The summed E-state index contributed by atoms with van der Waals surface area (Å²) in [5, 5.41) is 3.97. The molecule has 3 nitrogen and oxygen atoms in total. The van der Waals surface area contributed by atoms with Crippen LogP contribution in [0.15, 0.2) is 12.1 Å². The molecule has 20 heavy (non-hydrogen) atoms. The van der Waals surface area contributed by atoms with Gasteiger partial charge in [-0.3, -0.25) is 4.79 Å². The maximum Gasteiger partial charge on any atom is 0.279 e. The number of likely N-dealkylation sites (tertiary alicyclic amines) is 1. The molecule has 1 aliphatic rings. The number of carbonyl (C=O) groups excluding carboxylic acids is 1. The van der Waals surface area contributed by atoms with Crippen molar-refractivity contribution < 1.29 is 9.69 Å². The van der Waals surface area contributed by atoms with Gasteiger partial charge in [0.2, 0.25) is 0 Å². The summed E-state index contributed by atoms with van der Waals surface area (Å²) >= 11 is 17.9. The lowest BCUT2D eigenvalue weighted by Crippen LogP contribution is -3.17. The predicted molar refractivity (Wildman–Crippen MR) is 84.1 cm³/mol. The van der Waals surface area contributed by atoms with Crippen molar-refractivity contribution in [3.8, 4) is 0 Å². The first-order chi connectivity index (χ1) is 9.47. The number of carbonyl (C=O) groups is 1. The lowest BCUT2D eigenvalue weighted by atomic mass is 10.0. The maximum absolute atomic E-state index is 12.1. The van der Waals surface area contributed by atoms with Crippen molar-refractivity contribution in [1.29, 1.82) is 0 Å². The highest BCUT2D eigenvalue weighted by Gasteiger charge is 2.24. The number of piperidine rings is 1. The number of rotatable bonds is 3. The molecular weight excluding hydrogens is 319 g/mol. The van der Waals surface area contributed by atoms with Crippen LogP contribution in [0, 0.1) is 0 Å². The van der Waals surface area contributed by atoms with E-state index in [-0.39, 0.29) is 5.91 Å². The first-order valence-electron chi connectivity index (χ1n) is 6.76. The topological polar surface area (TPSA) is 33.5 Å². The molecule has 0 radical (unpaired) electrons. The van der Waals surface area contributed by atoms with Gasteiger partial charge in [0, 0.05) is 0 Å². The maximum atomic E-state index is 12.1. The number of hydrogen-bond acceptors (Lipinski definition) is 1. The highest BCUT2D eigenvalue weighted by atomic mass is 35.5. The summed E-state index contributed by atoms with van der Waals surface area (Å²) in [7, 11) is 0. The summed E-state index contributed by atoms with van der Waals surface area (Å²) in [6.45, 7) is 3.69. The molecule has 1 aromatic rings. The minimum atomic E-state index is -0.0472. The molecular formula is C14H18Cl3N2O+. The van der Waals surface area contributed by atoms with Gasteiger partial charge in [0.15, 0.2) is 6.54 Å². The predicted octanol–water partition coefficient (Wildman–Crippen LogP) is 3.04. The lowest BCUT2D eigenvalue weighted by Gasteiger charge is -2.29. The normalized spacial score (nSPS) is 22.6. The minimum Gasteiger partial charge on any atom is -0.325 e. The molecule has 1 aliphatic heterocycles. The van der Waals surface area contributed by atoms with Crippen LogP contribution < -0.4 is 10.2 Å². The van der Waals surface area contributed by atoms with Gasteiger partial charge >= 0.3 is 0 Å². The lowest BCUT2D eigenvalue weighted by molar-refractivity contribution is -0.920. The Balaban J connectivity index is 1.99. The smallest absolute Gasteiger partial charge is 0.279 e. The molecule has 1 fully saturated rings. The zero-order valence-electron chi connectivity index (χ0n) is 11.3. The third-order valence-electron chi connectivity index (χ3n) is 3.75. The van der Waals surface area contributed by atoms with Crippen molar-refractivity contribution in [2.75, 3.05) is 18.4 Å². The van der Waals surface area contributed by atoms with Crippen LogP contribution in [-0.2, 0) is 4.79 Å². The van der Waals surface area contributed by atoms with E-state index in [1.807, 2.05) is 0 Å². The van der Waals surface area contributed by atoms with Gasteiger partial charge in [-0.05, 0) is 38.3 Å². The average Bonchev–Trinajstić information content (AvgIpc) is 2.39. The number of anilines is 1. The number of quaternary nitrogens is 1. The highest BCUT2D eigenvalue weighted by Crippen LogP contribution is 2.32. The second-order valence-corrected chi connectivity index (χ2v) is 6.50. The Labute approximate surface area is 134 Å². The van der Waals surface area contributed by atoms with E-state index in [1.165, 1.54) is 30.2 Å². The second-order valence-electron chi connectivity index (χ2n) is 5.28. The first-order valence-corrected chi connectivity index (χ1v) is 7.89. The molecule has 110 valence electrons. The summed E-state index contributed by atoms with van der Waals surface area (Å²) in [4.78, 5) is 13.4. The van der Waals surface area contributed by atoms with E-state index in [0.29, 0.717) is 33.3 Å². The van der Waals surface area contributed by atoms with Crippen molar-refractivity contribution in [1.82, 2.24) is 0 Å². The fraction of sp³-hybridized carbons (Fsp3) is 0.500. The van der Waals surface area contributed by atoms with E-state index < -0.39 is 0 Å². The van der Waals surface area contributed by atoms with Gasteiger partial charge in [0.25, 0.3) is 5.91 Å². The van der Waals surface area contributed by atoms with Crippen LogP contribution in [0.4, 0.5) is 5.69 Å². The van der Waals surface area contributed by atoms with E-state index in [1.54, 1.807) is 6.07 Å². The average molecular weight is 337 g/mol. The molecule has 1 heterocycles. The highest BCUT2D eigenvalue weighted by molar-refractivity contribution is 6.44. The molecule has 0 saturated carbocycles. The number of hydrogen-bond donors (Lipinski definition) is 2. The van der Waals surface area contributed by atoms with Crippen LogP contribution >= 0.6 is 34.8 Å². The standard InChI is InChI=1S/C14H17Cl3N2O/c1-9-4-2-3-5-19(9)8-14(20)18-13-7-11(16)10(15)6-12(13)17/h6-7,9H,2-5,8H2,1H3,(H,18,20)/p+1/t9-/m0/s1. The number of nitrogens with one attached hydrogen (secondary N) is 2. The van der Waals surface area contributed by atoms with Gasteiger partial charge in [-0.1, -0.05) is 34.8 Å². The molecule has 0 aliphatic carbocycles. The van der Waals surface area contributed by atoms with Gasteiger partial charge in [-0.25, -0.2) is 0 Å². The molecule has 0 spiro atoms. The first kappa shape index (κ1) is 15.9. The third-order valence-corrected chi connectivity index (χ3v) is 4.79. The molecule has 0 bridgehead atoms. The van der Waals surface area contributed by atoms with Gasteiger partial charge < -0.3 is 10.2 Å². The van der Waals surface area contributed by atoms with E-state index in [9.17, 15) is 4.79 Å². The van der Waals surface area contributed by atoms with Crippen LogP contribution in [0.25, 0.3) is 0 Å². The Hall–Kier alpha value is -0.480. The van der Waals surface area contributed by atoms with Gasteiger partial charge in [-0.15, -0.1) is 0 Å². The molecule has 0 aromatic heterocycles. The summed E-state index contributed by atoms with van der Waals surface area (Å²) in [6, 6.07) is 3.65. The quantitative estimate of drug-likeness (QED) is 0.817. The molecule has 2 rings (SSSR count). The SMILES string of the molecule is C[C@H]1CCCC[NH+]1CC(=O)Nc1cc(Cl)c(Cl)cc1Cl. The van der Waals surface area contributed by atoms with Crippen LogP contribution in [0.2, 0.25) is 15.1 Å². The minimum absolute atomic E-state index is 0.0472. The Morgan fingerprint density at radius 3 is 2.65 bits per heavy atom. The molecule has 1 unspecified atom stereocenters. The summed E-state index contributed by atoms with van der Waals surface area (Å²) < 4.78 is 0. The van der Waals surface area contributed by atoms with Crippen LogP contribution in [0.5, 0.6) is 0 Å². The van der Waals surface area contributed by atoms with Crippen molar-refractivity contribution in [3.63, 3.8) is 0 Å². The van der Waals surface area contributed by atoms with Gasteiger partial charge in [-0.2, -0.15) is 0 Å². The Morgan fingerprint density at radius 2 is 1.95 bits per heavy atom. The molecule has 1 amide bonds. The van der Waals surface area contributed by atoms with Crippen molar-refractivity contribution in [2.24, 2.45) is 0 Å². The fourth-order valence-electron chi connectivity index (χ4n) is 2.53. The number of halogens is 3. The van der Waals surface area contributed by atoms with Crippen molar-refractivity contribution in [3.05, 3.63) is 27.2 Å². The molecule has 2 atom stereocenters. The Morgan fingerprint density at radius 1 is 1.25 bits per heavy atom. The largest absolute Gasteiger partial charge is 0.325 e. The van der Waals surface area contributed by atoms with Crippen LogP contribution in [-0.4, -0.2) is 25.0 Å². The zero-order chi connectivity index (χ0) is 14.7. The van der Waals surface area contributed by atoms with E-state index >= 15 is 0 Å². The number of amides is 1. The summed E-state index contributed by atoms with van der Waals surface area (Å²) in [5.74, 6) is -0.0472. The molecule has 1 saturated heterocycles. The van der Waals surface area contributed by atoms with E-state index in [0.717, 1.165) is 6.54 Å². The molecule has 6 heteroatoms. The monoisotopic (exact) mass is 335 g/mol. The molecule has 2 N–H and O–H groups in total. The second kappa shape index (κ2) is 6.99. The zero-order valence-corrected chi connectivity index (χ0v) is 13.6. The van der Waals surface area contributed by atoms with E-state index in [2.05, 4.69) is 12.2 Å². The summed E-state index contributed by atoms with van der Waals surface area (Å²) in [6.07, 6.45) is 3.61. The summed E-state index contributed by atoms with van der Waals surface area (Å²) in [5.41, 5.74) is 0.509. The Kier molecular flexibility index (Phi) is 5.56. The van der Waals surface area contributed by atoms with Crippen molar-refractivity contribution >= 4 is 46.4 Å². The number of benzene rings is 1. The molecule has 1 aromatic carbocycles. The third kappa shape index (κ3) is 4.01.